The zero-order valence-electron chi connectivity index (χ0n) is 16.3. The van der Waals surface area contributed by atoms with Gasteiger partial charge >= 0.3 is 176 Å². The maximum atomic E-state index is 9.63. The van der Waals surface area contributed by atoms with Gasteiger partial charge in [0.2, 0.25) is 0 Å². The van der Waals surface area contributed by atoms with Gasteiger partial charge in [-0.3, -0.25) is 0 Å². The van der Waals surface area contributed by atoms with Crippen LogP contribution in [0.15, 0.2) is 79.0 Å². The molecule has 0 aliphatic rings. The summed E-state index contributed by atoms with van der Waals surface area (Å²) >= 11 is 0.189. The van der Waals surface area contributed by atoms with Gasteiger partial charge in [-0.05, 0) is 0 Å². The van der Waals surface area contributed by atoms with Crippen LogP contribution in [0.1, 0.15) is 11.1 Å². The first-order valence-electron chi connectivity index (χ1n) is 9.58. The molecular formula is C26H19N2Se+. The molecule has 0 aliphatic heterocycles. The van der Waals surface area contributed by atoms with Gasteiger partial charge in [-0.25, -0.2) is 0 Å². The number of hydrogen-bond acceptors (Lipinski definition) is 1. The van der Waals surface area contributed by atoms with Crippen molar-refractivity contribution in [1.82, 2.24) is 0 Å². The minimum absolute atomic E-state index is 0.189. The molecule has 3 heteroatoms. The quantitative estimate of drug-likeness (QED) is 0.268. The summed E-state index contributed by atoms with van der Waals surface area (Å²) in [6, 6.07) is 27.9. The van der Waals surface area contributed by atoms with E-state index in [2.05, 4.69) is 85.4 Å². The fraction of sp³-hybridized carbons (Fsp3) is 0.0769. The molecule has 0 aliphatic carbocycles. The maximum absolute atomic E-state index is 9.63. The van der Waals surface area contributed by atoms with Crippen LogP contribution < -0.4 is 4.57 Å². The molecular weight excluding hydrogens is 419 g/mol. The number of fused-ring (bicyclic) bond motifs is 3. The van der Waals surface area contributed by atoms with Gasteiger partial charge in [0, 0.05) is 0 Å². The first-order valence-corrected chi connectivity index (χ1v) is 11.3. The SMILES string of the molecule is Cc1ccc2c([se]c3cccc(C#N)c32)c1-c1cc(-c2ccccc2)cc[n+]1C. The summed E-state index contributed by atoms with van der Waals surface area (Å²) in [6.07, 6.45) is 2.15. The van der Waals surface area contributed by atoms with Crippen LogP contribution in [-0.4, -0.2) is 14.5 Å². The van der Waals surface area contributed by atoms with Crippen LogP contribution >= 0.6 is 0 Å². The van der Waals surface area contributed by atoms with E-state index in [4.69, 9.17) is 0 Å². The molecule has 0 spiro atoms. The Morgan fingerprint density at radius 1 is 0.897 bits per heavy atom. The van der Waals surface area contributed by atoms with E-state index >= 15 is 0 Å². The average molecular weight is 438 g/mol. The van der Waals surface area contributed by atoms with E-state index in [0.717, 1.165) is 10.9 Å². The number of benzene rings is 3. The molecule has 2 aromatic heterocycles. The topological polar surface area (TPSA) is 27.7 Å². The number of aromatic nitrogens is 1. The van der Waals surface area contributed by atoms with Crippen LogP contribution in [0.25, 0.3) is 41.7 Å². The number of pyridine rings is 1. The van der Waals surface area contributed by atoms with Crippen molar-refractivity contribution in [1.29, 1.82) is 5.26 Å². The van der Waals surface area contributed by atoms with Gasteiger partial charge in [-0.15, -0.1) is 0 Å². The Bertz CT molecular complexity index is 1420. The number of aryl methyl sites for hydroxylation is 2. The van der Waals surface area contributed by atoms with E-state index in [1.54, 1.807) is 0 Å². The molecule has 0 N–H and O–H groups in total. The van der Waals surface area contributed by atoms with Crippen LogP contribution in [0.2, 0.25) is 0 Å². The molecule has 0 fully saturated rings. The minimum atomic E-state index is 0.189. The molecule has 0 saturated heterocycles. The predicted octanol–water partition coefficient (Wildman–Crippen LogP) is 5.39. The number of nitriles is 1. The van der Waals surface area contributed by atoms with Crippen molar-refractivity contribution >= 4 is 33.8 Å². The van der Waals surface area contributed by atoms with Crippen molar-refractivity contribution in [2.75, 3.05) is 0 Å². The molecule has 0 atom stereocenters. The number of hydrogen-bond donors (Lipinski definition) is 0. The zero-order chi connectivity index (χ0) is 20.0. The van der Waals surface area contributed by atoms with E-state index in [0.29, 0.717) is 0 Å². The van der Waals surface area contributed by atoms with Crippen LogP contribution in [0.5, 0.6) is 0 Å². The van der Waals surface area contributed by atoms with Gasteiger partial charge in [-0.2, -0.15) is 0 Å². The second-order valence-electron chi connectivity index (χ2n) is 7.30. The van der Waals surface area contributed by atoms with E-state index < -0.39 is 0 Å². The Kier molecular flexibility index (Phi) is 4.32. The molecule has 29 heavy (non-hydrogen) atoms. The molecule has 0 radical (unpaired) electrons. The molecule has 0 bridgehead atoms. The van der Waals surface area contributed by atoms with Crippen molar-refractivity contribution < 1.29 is 4.57 Å². The molecule has 3 aromatic carbocycles. The number of nitrogens with zero attached hydrogens (tertiary/aromatic N) is 2. The molecule has 0 amide bonds. The van der Waals surface area contributed by atoms with Crippen LogP contribution in [0.3, 0.4) is 0 Å². The summed E-state index contributed by atoms with van der Waals surface area (Å²) in [5.74, 6) is 0. The third-order valence-corrected chi connectivity index (χ3v) is 8.00. The first kappa shape index (κ1) is 17.9. The van der Waals surface area contributed by atoms with Crippen LogP contribution in [-0.2, 0) is 7.05 Å². The third-order valence-electron chi connectivity index (χ3n) is 5.51. The fourth-order valence-electron chi connectivity index (χ4n) is 4.03. The van der Waals surface area contributed by atoms with Crippen LogP contribution in [0.4, 0.5) is 0 Å². The molecule has 0 unspecified atom stereocenters. The van der Waals surface area contributed by atoms with Crippen molar-refractivity contribution in [3.63, 3.8) is 0 Å². The van der Waals surface area contributed by atoms with E-state index in [1.807, 2.05) is 18.2 Å². The Hall–Kier alpha value is -3.18. The fourth-order valence-corrected chi connectivity index (χ4v) is 6.83. The van der Waals surface area contributed by atoms with Gasteiger partial charge < -0.3 is 0 Å². The second-order valence-corrected chi connectivity index (χ2v) is 9.51. The van der Waals surface area contributed by atoms with Crippen molar-refractivity contribution in [2.45, 2.75) is 6.92 Å². The molecule has 0 saturated carbocycles. The Morgan fingerprint density at radius 3 is 2.52 bits per heavy atom. The summed E-state index contributed by atoms with van der Waals surface area (Å²) in [7, 11) is 2.11. The molecule has 138 valence electrons. The van der Waals surface area contributed by atoms with Crippen LogP contribution in [0, 0.1) is 18.3 Å². The van der Waals surface area contributed by atoms with Crippen molar-refractivity contribution in [3.05, 3.63) is 90.1 Å². The van der Waals surface area contributed by atoms with Crippen molar-refractivity contribution in [3.8, 4) is 28.5 Å². The van der Waals surface area contributed by atoms with Gasteiger partial charge in [0.25, 0.3) is 0 Å². The summed E-state index contributed by atoms with van der Waals surface area (Å²) in [5.41, 5.74) is 7.02. The standard InChI is InChI=1S/C26H19N2Se/c1-17-11-12-21-25-20(16-27)9-6-10-23(25)29-26(21)24(17)22-15-19(13-14-28(22)2)18-7-4-3-5-8-18/h3-15H,1-2H3/q+1. The molecule has 5 rings (SSSR count). The Labute approximate surface area is 176 Å². The van der Waals surface area contributed by atoms with E-state index in [-0.39, 0.29) is 14.5 Å². The molecule has 2 heterocycles. The van der Waals surface area contributed by atoms with Gasteiger partial charge in [0.1, 0.15) is 0 Å². The van der Waals surface area contributed by atoms with Gasteiger partial charge in [0.05, 0.1) is 0 Å². The second kappa shape index (κ2) is 7.01. The summed E-state index contributed by atoms with van der Waals surface area (Å²) in [4.78, 5) is 0. The summed E-state index contributed by atoms with van der Waals surface area (Å²) in [5, 5.41) is 12.0. The Balaban J connectivity index is 1.84. The van der Waals surface area contributed by atoms with E-state index in [9.17, 15) is 5.26 Å². The van der Waals surface area contributed by atoms with Crippen molar-refractivity contribution in [2.24, 2.45) is 7.05 Å². The zero-order valence-corrected chi connectivity index (χ0v) is 18.0. The average Bonchev–Trinajstić information content (AvgIpc) is 3.14. The van der Waals surface area contributed by atoms with E-state index in [1.165, 1.54) is 41.9 Å². The summed E-state index contributed by atoms with van der Waals surface area (Å²) < 4.78 is 4.90. The summed E-state index contributed by atoms with van der Waals surface area (Å²) in [6.45, 7) is 2.19. The molecule has 2 nitrogen and oxygen atoms in total. The Morgan fingerprint density at radius 2 is 1.72 bits per heavy atom. The normalized spacial score (nSPS) is 11.1. The van der Waals surface area contributed by atoms with Gasteiger partial charge in [-0.1, -0.05) is 0 Å². The van der Waals surface area contributed by atoms with Gasteiger partial charge in [0.15, 0.2) is 0 Å². The predicted molar refractivity (Wildman–Crippen MR) is 120 cm³/mol. The molecule has 5 aromatic rings. The number of rotatable bonds is 2. The first-order chi connectivity index (χ1) is 14.2. The third kappa shape index (κ3) is 2.89. The monoisotopic (exact) mass is 439 g/mol.